The van der Waals surface area contributed by atoms with Gasteiger partial charge in [0.05, 0.1) is 0 Å². The van der Waals surface area contributed by atoms with Gasteiger partial charge in [-0.05, 0) is 34.1 Å². The minimum absolute atomic E-state index is 0.00922. The fourth-order valence-electron chi connectivity index (χ4n) is 2.91. The summed E-state index contributed by atoms with van der Waals surface area (Å²) in [6.45, 7) is 0. The van der Waals surface area contributed by atoms with E-state index in [1.54, 1.807) is 0 Å². The van der Waals surface area contributed by atoms with E-state index in [4.69, 9.17) is 11.1 Å². The second kappa shape index (κ2) is 6.55. The lowest BCUT2D eigenvalue weighted by atomic mass is 9.68. The van der Waals surface area contributed by atoms with Crippen molar-refractivity contribution in [3.63, 3.8) is 0 Å². The molecule has 1 aliphatic carbocycles. The average Bonchev–Trinajstić information content (AvgIpc) is 2.45. The number of alkyl halides is 6. The van der Waals surface area contributed by atoms with E-state index in [-0.39, 0.29) is 12.8 Å². The van der Waals surface area contributed by atoms with E-state index in [0.717, 1.165) is 0 Å². The molecule has 0 aromatic rings. The summed E-state index contributed by atoms with van der Waals surface area (Å²) in [4.78, 5) is 3.73. The molecule has 0 heterocycles. The van der Waals surface area contributed by atoms with E-state index in [1.807, 2.05) is 9.82 Å². The topological polar surface area (TPSA) is 138 Å². The highest BCUT2D eigenvalue weighted by molar-refractivity contribution is 5.04. The van der Waals surface area contributed by atoms with Gasteiger partial charge in [0.15, 0.2) is 0 Å². The number of rotatable bonds is 4. The fraction of sp³-hybridized carbons (Fsp3) is 1.00. The molecule has 0 saturated heterocycles. The zero-order valence-corrected chi connectivity index (χ0v) is 11.8. The summed E-state index contributed by atoms with van der Waals surface area (Å²) in [7, 11) is 0. The minimum Gasteiger partial charge on any atom is -0.376 e. The molecular formula is C10H12F6N6O2. The molecule has 1 saturated carbocycles. The zero-order valence-electron chi connectivity index (χ0n) is 11.8. The standard InChI is InChI=1S/C10H12F6N6O2/c11-9(12,13)7(23,19-21-17)5-3-1-2-4-6(5)8(24,20-22-18)10(14,15)16/h5-6,23-24H,1-4H2. The SMILES string of the molecule is [N-]=[N+]=NC(O)(C1CCCCC1C(O)(N=[N+]=[N-])C(F)(F)F)C(F)(F)F. The van der Waals surface area contributed by atoms with Gasteiger partial charge < -0.3 is 10.2 Å². The Kier molecular flexibility index (Phi) is 5.51. The lowest BCUT2D eigenvalue weighted by Gasteiger charge is -2.46. The highest BCUT2D eigenvalue weighted by Gasteiger charge is 2.68. The molecule has 4 unspecified atom stereocenters. The largest absolute Gasteiger partial charge is 0.423 e. The van der Waals surface area contributed by atoms with Crippen molar-refractivity contribution in [3.05, 3.63) is 20.9 Å². The third-order valence-corrected chi connectivity index (χ3v) is 4.03. The highest BCUT2D eigenvalue weighted by atomic mass is 19.4. The summed E-state index contributed by atoms with van der Waals surface area (Å²) < 4.78 is 78.8. The molecule has 0 bridgehead atoms. The molecule has 0 aromatic heterocycles. The predicted octanol–water partition coefficient (Wildman–Crippen LogP) is 3.92. The van der Waals surface area contributed by atoms with Crippen molar-refractivity contribution in [1.29, 1.82) is 0 Å². The molecule has 8 nitrogen and oxygen atoms in total. The van der Waals surface area contributed by atoms with Crippen LogP contribution >= 0.6 is 0 Å². The van der Waals surface area contributed by atoms with Crippen molar-refractivity contribution < 1.29 is 36.6 Å². The molecule has 4 atom stereocenters. The zero-order chi connectivity index (χ0) is 18.8. The monoisotopic (exact) mass is 362 g/mol. The molecule has 2 N–H and O–H groups in total. The third kappa shape index (κ3) is 3.31. The Bertz CT molecular complexity index is 519. The summed E-state index contributed by atoms with van der Waals surface area (Å²) in [6.07, 6.45) is -12.5. The van der Waals surface area contributed by atoms with E-state index in [1.165, 1.54) is 0 Å². The highest BCUT2D eigenvalue weighted by Crippen LogP contribution is 2.53. The first-order valence-electron chi connectivity index (χ1n) is 6.56. The number of azide groups is 2. The molecular weight excluding hydrogens is 350 g/mol. The van der Waals surface area contributed by atoms with Crippen molar-refractivity contribution in [3.8, 4) is 0 Å². The van der Waals surface area contributed by atoms with Crippen LogP contribution in [0.3, 0.4) is 0 Å². The van der Waals surface area contributed by atoms with Crippen LogP contribution in [0, 0.1) is 11.8 Å². The Balaban J connectivity index is 3.54. The van der Waals surface area contributed by atoms with Crippen LogP contribution < -0.4 is 0 Å². The molecule has 24 heavy (non-hydrogen) atoms. The molecule has 1 rings (SSSR count). The Labute approximate surface area is 130 Å². The number of nitrogens with zero attached hydrogens (tertiary/aromatic N) is 6. The van der Waals surface area contributed by atoms with Crippen LogP contribution in [0.5, 0.6) is 0 Å². The van der Waals surface area contributed by atoms with Crippen LogP contribution in [0.2, 0.25) is 0 Å². The summed E-state index contributed by atoms with van der Waals surface area (Å²) >= 11 is 0. The van der Waals surface area contributed by atoms with E-state index in [2.05, 4.69) is 10.2 Å². The fourth-order valence-corrected chi connectivity index (χ4v) is 2.91. The number of halogens is 6. The Morgan fingerprint density at radius 2 is 1.04 bits per heavy atom. The van der Waals surface area contributed by atoms with Crippen LogP contribution in [0.25, 0.3) is 20.9 Å². The lowest BCUT2D eigenvalue weighted by Crippen LogP contribution is -2.60. The Hall–Kier alpha value is -1.88. The summed E-state index contributed by atoms with van der Waals surface area (Å²) in [5.74, 6) is -4.70. The maximum atomic E-state index is 13.1. The van der Waals surface area contributed by atoms with Gasteiger partial charge in [-0.25, -0.2) is 0 Å². The molecule has 0 radical (unpaired) electrons. The maximum Gasteiger partial charge on any atom is 0.423 e. The van der Waals surface area contributed by atoms with Crippen molar-refractivity contribution in [2.45, 2.75) is 49.5 Å². The first-order chi connectivity index (χ1) is 10.8. The molecule has 14 heteroatoms. The minimum atomic E-state index is -5.59. The predicted molar refractivity (Wildman–Crippen MR) is 65.7 cm³/mol. The van der Waals surface area contributed by atoms with E-state index < -0.39 is 48.5 Å². The molecule has 0 spiro atoms. The van der Waals surface area contributed by atoms with Crippen molar-refractivity contribution in [2.24, 2.45) is 22.1 Å². The summed E-state index contributed by atoms with van der Waals surface area (Å²) in [5, 5.41) is 24.1. The van der Waals surface area contributed by atoms with E-state index >= 15 is 0 Å². The van der Waals surface area contributed by atoms with Gasteiger partial charge in [0.1, 0.15) is 0 Å². The second-order valence-corrected chi connectivity index (χ2v) is 5.32. The van der Waals surface area contributed by atoms with Crippen LogP contribution in [0.15, 0.2) is 10.2 Å². The van der Waals surface area contributed by atoms with Gasteiger partial charge in [0, 0.05) is 21.7 Å². The van der Waals surface area contributed by atoms with Crippen molar-refractivity contribution >= 4 is 0 Å². The lowest BCUT2D eigenvalue weighted by molar-refractivity contribution is -0.323. The van der Waals surface area contributed by atoms with Gasteiger partial charge in [0.2, 0.25) is 11.4 Å². The normalized spacial score (nSPS) is 27.2. The van der Waals surface area contributed by atoms with Gasteiger partial charge in [-0.3, -0.25) is 0 Å². The number of hydrogen-bond donors (Lipinski definition) is 2. The molecule has 1 fully saturated rings. The van der Waals surface area contributed by atoms with E-state index in [9.17, 15) is 36.6 Å². The third-order valence-electron chi connectivity index (χ3n) is 4.03. The summed E-state index contributed by atoms with van der Waals surface area (Å²) in [5.41, 5.74) is 8.19. The molecule has 1 aliphatic rings. The summed E-state index contributed by atoms with van der Waals surface area (Å²) in [6, 6.07) is 0. The van der Waals surface area contributed by atoms with Gasteiger partial charge in [0.25, 0.3) is 0 Å². The van der Waals surface area contributed by atoms with Crippen molar-refractivity contribution in [1.82, 2.24) is 0 Å². The van der Waals surface area contributed by atoms with Crippen LogP contribution in [0.4, 0.5) is 26.3 Å². The Morgan fingerprint density at radius 1 is 0.750 bits per heavy atom. The quantitative estimate of drug-likeness (QED) is 0.339. The Morgan fingerprint density at radius 3 is 1.25 bits per heavy atom. The van der Waals surface area contributed by atoms with Gasteiger partial charge >= 0.3 is 12.4 Å². The molecule has 0 amide bonds. The van der Waals surface area contributed by atoms with Crippen LogP contribution in [0.1, 0.15) is 25.7 Å². The van der Waals surface area contributed by atoms with Gasteiger partial charge in [-0.15, -0.1) is 0 Å². The molecule has 0 aromatic carbocycles. The van der Waals surface area contributed by atoms with Gasteiger partial charge in [-0.1, -0.05) is 12.8 Å². The number of aliphatic hydroxyl groups is 2. The number of hydrogen-bond acceptors (Lipinski definition) is 4. The van der Waals surface area contributed by atoms with Crippen LogP contribution in [-0.2, 0) is 0 Å². The molecule has 0 aliphatic heterocycles. The smallest absolute Gasteiger partial charge is 0.376 e. The average molecular weight is 362 g/mol. The van der Waals surface area contributed by atoms with Crippen LogP contribution in [-0.4, -0.2) is 34.0 Å². The van der Waals surface area contributed by atoms with Crippen molar-refractivity contribution in [2.75, 3.05) is 0 Å². The molecule has 136 valence electrons. The first-order valence-corrected chi connectivity index (χ1v) is 6.56. The van der Waals surface area contributed by atoms with Gasteiger partial charge in [-0.2, -0.15) is 26.3 Å². The first kappa shape index (κ1) is 20.2. The van der Waals surface area contributed by atoms with E-state index in [0.29, 0.717) is 0 Å². The second-order valence-electron chi connectivity index (χ2n) is 5.32. The maximum absolute atomic E-state index is 13.1.